The summed E-state index contributed by atoms with van der Waals surface area (Å²) < 4.78 is 41.4. The zero-order valence-electron chi connectivity index (χ0n) is 17.8. The minimum Gasteiger partial charge on any atom is -0.418 e. The Labute approximate surface area is 186 Å². The van der Waals surface area contributed by atoms with Crippen molar-refractivity contribution in [3.05, 3.63) is 114 Å². The molecule has 4 rings (SSSR count). The minimum absolute atomic E-state index is 0.967. The Morgan fingerprint density at radius 1 is 0.625 bits per heavy atom. The van der Waals surface area contributed by atoms with Crippen LogP contribution in [-0.4, -0.2) is 7.25 Å². The molecule has 0 atom stereocenters. The lowest BCUT2D eigenvalue weighted by Crippen LogP contribution is -2.40. The van der Waals surface area contributed by atoms with Crippen molar-refractivity contribution in [2.75, 3.05) is 0 Å². The van der Waals surface area contributed by atoms with Gasteiger partial charge >= 0.3 is 7.25 Å². The predicted molar refractivity (Wildman–Crippen MR) is 123 cm³/mol. The molecule has 1 heterocycles. The maximum atomic E-state index is 9.75. The second-order valence-electron chi connectivity index (χ2n) is 7.38. The van der Waals surface area contributed by atoms with E-state index < -0.39 is 7.25 Å². The van der Waals surface area contributed by atoms with Gasteiger partial charge < -0.3 is 17.3 Å². The summed E-state index contributed by atoms with van der Waals surface area (Å²) in [4.78, 5) is 0. The van der Waals surface area contributed by atoms with Gasteiger partial charge in [0, 0.05) is 31.0 Å². The van der Waals surface area contributed by atoms with E-state index in [9.17, 15) is 17.3 Å². The number of benzene rings is 3. The first-order chi connectivity index (χ1) is 15.3. The monoisotopic (exact) mass is 437 g/mol. The summed E-state index contributed by atoms with van der Waals surface area (Å²) in [6, 6.07) is 36.7. The normalized spacial score (nSPS) is 10.9. The van der Waals surface area contributed by atoms with E-state index in [4.69, 9.17) is 0 Å². The number of hydrogen-bond donors (Lipinski definition) is 0. The topological polar surface area (TPSA) is 3.88 Å². The van der Waals surface area contributed by atoms with Gasteiger partial charge in [-0.3, -0.25) is 0 Å². The number of halogens is 4. The zero-order chi connectivity index (χ0) is 23.0. The Hall–Kier alpha value is -3.41. The quantitative estimate of drug-likeness (QED) is 0.177. The van der Waals surface area contributed by atoms with Crippen molar-refractivity contribution in [1.82, 2.24) is 0 Å². The van der Waals surface area contributed by atoms with Crippen LogP contribution in [0.15, 0.2) is 103 Å². The second-order valence-corrected chi connectivity index (χ2v) is 7.38. The van der Waals surface area contributed by atoms with Crippen molar-refractivity contribution >= 4 is 7.25 Å². The third-order valence-corrected chi connectivity index (χ3v) is 5.02. The van der Waals surface area contributed by atoms with Crippen molar-refractivity contribution in [1.29, 1.82) is 0 Å². The molecule has 0 saturated carbocycles. The van der Waals surface area contributed by atoms with Gasteiger partial charge in [0.2, 0.25) is 5.69 Å². The molecular formula is C26H24BF4N. The SMILES string of the molecule is Cc1cc(-c2ccccc2)cc(-c2ccccc2)[n+]1CCc1ccccc1.F[B-](F)(F)F. The Morgan fingerprint density at radius 3 is 1.62 bits per heavy atom. The first kappa shape index (κ1) is 23.3. The lowest BCUT2D eigenvalue weighted by atomic mass is 10.0. The third-order valence-electron chi connectivity index (χ3n) is 5.02. The van der Waals surface area contributed by atoms with E-state index in [1.807, 2.05) is 0 Å². The Morgan fingerprint density at radius 2 is 1.09 bits per heavy atom. The van der Waals surface area contributed by atoms with Gasteiger partial charge in [-0.1, -0.05) is 78.9 Å². The van der Waals surface area contributed by atoms with Crippen molar-refractivity contribution in [2.45, 2.75) is 19.9 Å². The van der Waals surface area contributed by atoms with E-state index in [2.05, 4.69) is 115 Å². The summed E-state index contributed by atoms with van der Waals surface area (Å²) in [5.41, 5.74) is 7.70. The molecule has 0 N–H and O–H groups in total. The Bertz CT molecular complexity index is 1110. The van der Waals surface area contributed by atoms with Crippen LogP contribution in [0.5, 0.6) is 0 Å². The van der Waals surface area contributed by atoms with Crippen molar-refractivity contribution in [2.24, 2.45) is 0 Å². The molecule has 164 valence electrons. The molecule has 0 saturated heterocycles. The summed E-state index contributed by atoms with van der Waals surface area (Å²) in [5.74, 6) is 0. The number of aromatic nitrogens is 1. The fraction of sp³-hybridized carbons (Fsp3) is 0.115. The van der Waals surface area contributed by atoms with Crippen LogP contribution in [0.3, 0.4) is 0 Å². The fourth-order valence-electron chi connectivity index (χ4n) is 3.59. The fourth-order valence-corrected chi connectivity index (χ4v) is 3.59. The van der Waals surface area contributed by atoms with E-state index in [1.54, 1.807) is 0 Å². The van der Waals surface area contributed by atoms with Gasteiger partial charge in [-0.2, -0.15) is 4.57 Å². The molecule has 0 fully saturated rings. The summed E-state index contributed by atoms with van der Waals surface area (Å²) in [5, 5.41) is 0. The molecule has 0 radical (unpaired) electrons. The highest BCUT2D eigenvalue weighted by Gasteiger charge is 2.20. The van der Waals surface area contributed by atoms with Crippen LogP contribution in [0.4, 0.5) is 17.3 Å². The molecule has 0 amide bonds. The van der Waals surface area contributed by atoms with E-state index in [0.717, 1.165) is 13.0 Å². The zero-order valence-corrected chi connectivity index (χ0v) is 17.8. The van der Waals surface area contributed by atoms with Crippen LogP contribution in [0.25, 0.3) is 22.4 Å². The summed E-state index contributed by atoms with van der Waals surface area (Å²) in [6.07, 6.45) is 1.02. The average molecular weight is 437 g/mol. The van der Waals surface area contributed by atoms with E-state index in [1.165, 1.54) is 33.6 Å². The molecule has 1 aromatic heterocycles. The molecule has 3 aromatic carbocycles. The van der Waals surface area contributed by atoms with Crippen LogP contribution in [0.2, 0.25) is 0 Å². The molecule has 0 aliphatic heterocycles. The van der Waals surface area contributed by atoms with Crippen LogP contribution >= 0.6 is 0 Å². The lowest BCUT2D eigenvalue weighted by Gasteiger charge is -2.11. The number of rotatable bonds is 5. The van der Waals surface area contributed by atoms with Crippen molar-refractivity contribution < 1.29 is 21.8 Å². The van der Waals surface area contributed by atoms with Gasteiger partial charge in [0.05, 0.1) is 0 Å². The standard InChI is InChI=1S/C26H24N.BF4/c1-21-19-25(23-13-7-3-8-14-23)20-26(24-15-9-4-10-16-24)27(21)18-17-22-11-5-2-6-12-22;2-1(3,4)5/h2-16,19-20H,17-18H2,1H3;/q+1;-1. The molecule has 32 heavy (non-hydrogen) atoms. The van der Waals surface area contributed by atoms with E-state index >= 15 is 0 Å². The molecular weight excluding hydrogens is 413 g/mol. The predicted octanol–water partition coefficient (Wildman–Crippen LogP) is 7.16. The van der Waals surface area contributed by atoms with Gasteiger partial charge in [-0.25, -0.2) is 0 Å². The number of nitrogens with zero attached hydrogens (tertiary/aromatic N) is 1. The smallest absolute Gasteiger partial charge is 0.418 e. The Balaban J connectivity index is 0.000000523. The number of aryl methyl sites for hydroxylation is 2. The van der Waals surface area contributed by atoms with Crippen LogP contribution in [0, 0.1) is 6.92 Å². The van der Waals surface area contributed by atoms with Crippen molar-refractivity contribution in [3.8, 4) is 22.4 Å². The summed E-state index contributed by atoms with van der Waals surface area (Å²) in [7, 11) is -6.00. The minimum atomic E-state index is -6.00. The highest BCUT2D eigenvalue weighted by molar-refractivity contribution is 6.50. The molecule has 4 aromatic rings. The number of pyridine rings is 1. The van der Waals surface area contributed by atoms with Crippen LogP contribution < -0.4 is 4.57 Å². The van der Waals surface area contributed by atoms with Gasteiger partial charge in [-0.15, -0.1) is 0 Å². The highest BCUT2D eigenvalue weighted by atomic mass is 19.5. The average Bonchev–Trinajstić information content (AvgIpc) is 2.78. The van der Waals surface area contributed by atoms with Gasteiger partial charge in [0.1, 0.15) is 0 Å². The lowest BCUT2D eigenvalue weighted by molar-refractivity contribution is -0.691. The maximum absolute atomic E-state index is 9.75. The molecule has 0 aliphatic carbocycles. The molecule has 0 bridgehead atoms. The summed E-state index contributed by atoms with van der Waals surface area (Å²) >= 11 is 0. The van der Waals surface area contributed by atoms with Crippen LogP contribution in [0.1, 0.15) is 11.3 Å². The maximum Gasteiger partial charge on any atom is 0.673 e. The first-order valence-electron chi connectivity index (χ1n) is 10.4. The van der Waals surface area contributed by atoms with Gasteiger partial charge in [0.15, 0.2) is 12.2 Å². The molecule has 1 nitrogen and oxygen atoms in total. The van der Waals surface area contributed by atoms with E-state index in [-0.39, 0.29) is 0 Å². The van der Waals surface area contributed by atoms with Crippen LogP contribution in [-0.2, 0) is 13.0 Å². The van der Waals surface area contributed by atoms with Gasteiger partial charge in [-0.05, 0) is 28.8 Å². The largest absolute Gasteiger partial charge is 0.673 e. The highest BCUT2D eigenvalue weighted by Crippen LogP contribution is 2.25. The van der Waals surface area contributed by atoms with E-state index in [0.29, 0.717) is 0 Å². The van der Waals surface area contributed by atoms with Crippen molar-refractivity contribution in [3.63, 3.8) is 0 Å². The Kier molecular flexibility index (Phi) is 7.82. The molecule has 0 unspecified atom stereocenters. The van der Waals surface area contributed by atoms with Gasteiger partial charge in [0.25, 0.3) is 0 Å². The first-order valence-corrected chi connectivity index (χ1v) is 10.4. The third kappa shape index (κ3) is 7.08. The molecule has 6 heteroatoms. The number of hydrogen-bond acceptors (Lipinski definition) is 0. The molecule has 0 spiro atoms. The molecule has 0 aliphatic rings. The summed E-state index contributed by atoms with van der Waals surface area (Å²) in [6.45, 7) is 3.18. The second kappa shape index (κ2) is 10.8.